The predicted octanol–water partition coefficient (Wildman–Crippen LogP) is 6.27. The molecule has 0 spiro atoms. The van der Waals surface area contributed by atoms with Crippen molar-refractivity contribution in [1.29, 1.82) is 0 Å². The molecule has 0 bridgehead atoms. The molecule has 31 heavy (non-hydrogen) atoms. The van der Waals surface area contributed by atoms with Crippen LogP contribution in [0, 0.1) is 3.57 Å². The van der Waals surface area contributed by atoms with Crippen molar-refractivity contribution in [1.82, 2.24) is 5.32 Å². The molecule has 0 aromatic heterocycles. The van der Waals surface area contributed by atoms with Crippen molar-refractivity contribution in [2.75, 3.05) is 4.90 Å². The van der Waals surface area contributed by atoms with Crippen LogP contribution in [0.5, 0.6) is 5.75 Å². The summed E-state index contributed by atoms with van der Waals surface area (Å²) in [5.74, 6) is 0.256. The van der Waals surface area contributed by atoms with Gasteiger partial charge in [0.05, 0.1) is 9.26 Å². The van der Waals surface area contributed by atoms with Crippen LogP contribution in [-0.2, 0) is 11.4 Å². The second-order valence-corrected chi connectivity index (χ2v) is 8.68. The van der Waals surface area contributed by atoms with Crippen molar-refractivity contribution >= 4 is 69.5 Å². The van der Waals surface area contributed by atoms with Gasteiger partial charge in [0.2, 0.25) is 0 Å². The Kier molecular flexibility index (Phi) is 6.50. The fourth-order valence-electron chi connectivity index (χ4n) is 3.05. The quantitative estimate of drug-likeness (QED) is 0.225. The zero-order chi connectivity index (χ0) is 22.0. The molecule has 0 aliphatic carbocycles. The standard InChI is InChI=1S/C23H15Cl2IN2O3/c24-16-5-3-6-17(12-16)28-22(29)20(27-23(28)30)11-14-8-9-21(19(26)10-14)31-13-15-4-1-2-7-18(15)25/h1-12H,13H2,(H,27,30)/b20-11+. The van der Waals surface area contributed by atoms with Crippen molar-refractivity contribution in [3.05, 3.63) is 97.2 Å². The number of ether oxygens (including phenoxy) is 1. The van der Waals surface area contributed by atoms with Crippen LogP contribution in [0.1, 0.15) is 11.1 Å². The Morgan fingerprint density at radius 2 is 1.81 bits per heavy atom. The van der Waals surface area contributed by atoms with E-state index in [0.29, 0.717) is 28.1 Å². The molecule has 0 atom stereocenters. The van der Waals surface area contributed by atoms with Gasteiger partial charge in [0.1, 0.15) is 18.1 Å². The van der Waals surface area contributed by atoms with Gasteiger partial charge >= 0.3 is 6.03 Å². The lowest BCUT2D eigenvalue weighted by molar-refractivity contribution is -0.113. The third-order valence-corrected chi connectivity index (χ3v) is 6.00. The van der Waals surface area contributed by atoms with Gasteiger partial charge in [-0.25, -0.2) is 9.69 Å². The minimum atomic E-state index is -0.520. The van der Waals surface area contributed by atoms with Gasteiger partial charge < -0.3 is 10.1 Å². The van der Waals surface area contributed by atoms with Crippen LogP contribution < -0.4 is 15.0 Å². The van der Waals surface area contributed by atoms with Gasteiger partial charge in [-0.15, -0.1) is 0 Å². The van der Waals surface area contributed by atoms with Crippen molar-refractivity contribution in [3.63, 3.8) is 0 Å². The highest BCUT2D eigenvalue weighted by molar-refractivity contribution is 14.1. The molecule has 1 saturated heterocycles. The Balaban J connectivity index is 1.51. The molecular weight excluding hydrogens is 550 g/mol. The first kappa shape index (κ1) is 21.7. The molecule has 1 heterocycles. The smallest absolute Gasteiger partial charge is 0.333 e. The van der Waals surface area contributed by atoms with Crippen molar-refractivity contribution in [3.8, 4) is 5.75 Å². The molecule has 1 aliphatic heterocycles. The molecule has 0 unspecified atom stereocenters. The first-order valence-corrected chi connectivity index (χ1v) is 11.0. The summed E-state index contributed by atoms with van der Waals surface area (Å²) in [5.41, 5.74) is 2.25. The van der Waals surface area contributed by atoms with Crippen LogP contribution in [0.25, 0.3) is 6.08 Å². The van der Waals surface area contributed by atoms with E-state index in [2.05, 4.69) is 27.9 Å². The normalized spacial score (nSPS) is 14.8. The SMILES string of the molecule is O=C1N/C(=C/c2ccc(OCc3ccccc3Cl)c(I)c2)C(=O)N1c1cccc(Cl)c1. The largest absolute Gasteiger partial charge is 0.488 e. The molecule has 5 nitrogen and oxygen atoms in total. The number of imide groups is 1. The fourth-order valence-corrected chi connectivity index (χ4v) is 4.12. The molecule has 3 aromatic carbocycles. The number of hydrogen-bond acceptors (Lipinski definition) is 3. The van der Waals surface area contributed by atoms with Gasteiger partial charge in [-0.3, -0.25) is 4.79 Å². The molecule has 4 rings (SSSR count). The highest BCUT2D eigenvalue weighted by Crippen LogP contribution is 2.28. The summed E-state index contributed by atoms with van der Waals surface area (Å²) in [4.78, 5) is 26.2. The molecule has 1 aliphatic rings. The Morgan fingerprint density at radius 3 is 2.55 bits per heavy atom. The number of rotatable bonds is 5. The maximum Gasteiger partial charge on any atom is 0.333 e. The number of nitrogens with one attached hydrogen (secondary N) is 1. The lowest BCUT2D eigenvalue weighted by atomic mass is 10.1. The lowest BCUT2D eigenvalue weighted by Crippen LogP contribution is -2.30. The van der Waals surface area contributed by atoms with Crippen LogP contribution in [0.3, 0.4) is 0 Å². The second kappa shape index (κ2) is 9.30. The molecule has 0 radical (unpaired) electrons. The summed E-state index contributed by atoms with van der Waals surface area (Å²) < 4.78 is 6.75. The molecule has 3 aromatic rings. The Hall–Kier alpha value is -2.55. The number of halogens is 3. The third-order valence-electron chi connectivity index (χ3n) is 4.55. The van der Waals surface area contributed by atoms with E-state index in [1.807, 2.05) is 42.5 Å². The van der Waals surface area contributed by atoms with Crippen LogP contribution in [0.15, 0.2) is 72.4 Å². The zero-order valence-corrected chi connectivity index (χ0v) is 19.6. The molecule has 8 heteroatoms. The molecule has 156 valence electrons. The first-order chi connectivity index (χ1) is 14.9. The average Bonchev–Trinajstić information content (AvgIpc) is 3.01. The number of urea groups is 1. The van der Waals surface area contributed by atoms with E-state index in [1.54, 1.807) is 30.3 Å². The minimum absolute atomic E-state index is 0.186. The molecule has 0 saturated carbocycles. The first-order valence-electron chi connectivity index (χ1n) is 9.21. The molecule has 3 amide bonds. The van der Waals surface area contributed by atoms with Crippen LogP contribution >= 0.6 is 45.8 Å². The third kappa shape index (κ3) is 4.87. The molecule has 1 N–H and O–H groups in total. The summed E-state index contributed by atoms with van der Waals surface area (Å²) in [6.07, 6.45) is 1.63. The van der Waals surface area contributed by atoms with E-state index < -0.39 is 11.9 Å². The van der Waals surface area contributed by atoms with Gasteiger partial charge in [0, 0.05) is 15.6 Å². The molecule has 1 fully saturated rings. The molecular formula is C23H15Cl2IN2O3. The Bertz CT molecular complexity index is 1210. The average molecular weight is 565 g/mol. The van der Waals surface area contributed by atoms with E-state index in [-0.39, 0.29) is 5.70 Å². The van der Waals surface area contributed by atoms with Crippen molar-refractivity contribution in [2.24, 2.45) is 0 Å². The number of nitrogens with zero attached hydrogens (tertiary/aromatic N) is 1. The van der Waals surface area contributed by atoms with Crippen LogP contribution in [0.2, 0.25) is 10.0 Å². The second-order valence-electron chi connectivity index (χ2n) is 6.68. The minimum Gasteiger partial charge on any atom is -0.488 e. The van der Waals surface area contributed by atoms with Gasteiger partial charge in [0.15, 0.2) is 0 Å². The maximum atomic E-state index is 12.8. The number of amides is 3. The summed E-state index contributed by atoms with van der Waals surface area (Å²) in [7, 11) is 0. The Labute approximate surface area is 202 Å². The van der Waals surface area contributed by atoms with E-state index >= 15 is 0 Å². The predicted molar refractivity (Wildman–Crippen MR) is 130 cm³/mol. The van der Waals surface area contributed by atoms with Gasteiger partial charge in [-0.1, -0.05) is 53.5 Å². The summed E-state index contributed by atoms with van der Waals surface area (Å²) in [6.45, 7) is 0.346. The number of anilines is 1. The maximum absolute atomic E-state index is 12.8. The monoisotopic (exact) mass is 564 g/mol. The zero-order valence-electron chi connectivity index (χ0n) is 15.9. The van der Waals surface area contributed by atoms with Gasteiger partial charge in [-0.05, 0) is 70.6 Å². The number of hydrogen-bond donors (Lipinski definition) is 1. The van der Waals surface area contributed by atoms with E-state index in [4.69, 9.17) is 27.9 Å². The lowest BCUT2D eigenvalue weighted by Gasteiger charge is -2.11. The number of carbonyl (C=O) groups is 2. The summed E-state index contributed by atoms with van der Waals surface area (Å²) in [6, 6.07) is 19.1. The number of carbonyl (C=O) groups excluding carboxylic acids is 2. The van der Waals surface area contributed by atoms with Crippen molar-refractivity contribution in [2.45, 2.75) is 6.61 Å². The van der Waals surface area contributed by atoms with Gasteiger partial charge in [0.25, 0.3) is 5.91 Å². The Morgan fingerprint density at radius 1 is 1.00 bits per heavy atom. The van der Waals surface area contributed by atoms with Crippen molar-refractivity contribution < 1.29 is 14.3 Å². The fraction of sp³-hybridized carbons (Fsp3) is 0.0435. The van der Waals surface area contributed by atoms with Gasteiger partial charge in [-0.2, -0.15) is 0 Å². The van der Waals surface area contributed by atoms with E-state index in [1.165, 1.54) is 0 Å². The van der Waals surface area contributed by atoms with Crippen LogP contribution in [0.4, 0.5) is 10.5 Å². The number of benzene rings is 3. The summed E-state index contributed by atoms with van der Waals surface area (Å²) in [5, 5.41) is 3.71. The summed E-state index contributed by atoms with van der Waals surface area (Å²) >= 11 is 14.3. The van der Waals surface area contributed by atoms with E-state index in [9.17, 15) is 9.59 Å². The highest BCUT2D eigenvalue weighted by atomic mass is 127. The van der Waals surface area contributed by atoms with Crippen LogP contribution in [-0.4, -0.2) is 11.9 Å². The highest BCUT2D eigenvalue weighted by Gasteiger charge is 2.34. The van der Waals surface area contributed by atoms with E-state index in [0.717, 1.165) is 19.6 Å². The topological polar surface area (TPSA) is 58.6 Å².